The Balaban J connectivity index is 1.76. The van der Waals surface area contributed by atoms with Gasteiger partial charge in [0.15, 0.2) is 0 Å². The van der Waals surface area contributed by atoms with E-state index in [-0.39, 0.29) is 0 Å². The summed E-state index contributed by atoms with van der Waals surface area (Å²) >= 11 is 1.71. The third kappa shape index (κ3) is 2.00. The van der Waals surface area contributed by atoms with Crippen LogP contribution in [-0.2, 0) is 4.74 Å². The average Bonchev–Trinajstić information content (AvgIpc) is 3.00. The van der Waals surface area contributed by atoms with Gasteiger partial charge in [-0.25, -0.2) is 10.4 Å². The van der Waals surface area contributed by atoms with Crippen molar-refractivity contribution in [3.63, 3.8) is 0 Å². The van der Waals surface area contributed by atoms with Crippen LogP contribution in [0.5, 0.6) is 0 Å². The van der Waals surface area contributed by atoms with Crippen LogP contribution in [0.3, 0.4) is 0 Å². The second-order valence-electron chi connectivity index (χ2n) is 4.92. The molecule has 1 fully saturated rings. The van der Waals surface area contributed by atoms with E-state index >= 15 is 0 Å². The van der Waals surface area contributed by atoms with Gasteiger partial charge in [-0.2, -0.15) is 0 Å². The van der Waals surface area contributed by atoms with Gasteiger partial charge in [0.25, 0.3) is 0 Å². The summed E-state index contributed by atoms with van der Waals surface area (Å²) in [7, 11) is 0. The molecule has 5 N–H and O–H groups in total. The highest BCUT2D eigenvalue weighted by molar-refractivity contribution is 7.20. The summed E-state index contributed by atoms with van der Waals surface area (Å²) in [6.45, 7) is 2.33. The van der Waals surface area contributed by atoms with Crippen molar-refractivity contribution in [2.75, 3.05) is 30.8 Å². The number of pyridine rings is 1. The molecule has 4 rings (SSSR count). The van der Waals surface area contributed by atoms with Crippen molar-refractivity contribution in [2.24, 2.45) is 0 Å². The van der Waals surface area contributed by atoms with Gasteiger partial charge >= 0.3 is 0 Å². The lowest BCUT2D eigenvalue weighted by atomic mass is 10.2. The Bertz CT molecular complexity index is 691. The molecule has 7 heteroatoms. The van der Waals surface area contributed by atoms with Gasteiger partial charge in [-0.3, -0.25) is 0 Å². The van der Waals surface area contributed by atoms with Gasteiger partial charge in [0, 0.05) is 12.6 Å². The molecule has 0 aliphatic carbocycles. The number of hydrazine groups is 1. The van der Waals surface area contributed by atoms with Crippen molar-refractivity contribution in [1.82, 2.24) is 15.8 Å². The van der Waals surface area contributed by atoms with E-state index in [1.807, 2.05) is 6.07 Å². The predicted octanol–water partition coefficient (Wildman–Crippen LogP) is 1.14. The molecule has 0 amide bonds. The van der Waals surface area contributed by atoms with Crippen LogP contribution >= 0.6 is 11.3 Å². The molecule has 0 aromatic carbocycles. The summed E-state index contributed by atoms with van der Waals surface area (Å²) in [5.74, 6) is 0.538. The number of hydrogen-bond acceptors (Lipinski definition) is 7. The number of aromatic nitrogens is 1. The Hall–Kier alpha value is -1.83. The molecule has 2 aromatic heterocycles. The fourth-order valence-corrected chi connectivity index (χ4v) is 3.41. The summed E-state index contributed by atoms with van der Waals surface area (Å²) in [6, 6.07) is 4.34. The largest absolute Gasteiger partial charge is 0.384 e. The molecule has 104 valence electrons. The molecule has 0 spiro atoms. The zero-order valence-corrected chi connectivity index (χ0v) is 11.6. The van der Waals surface area contributed by atoms with Crippen LogP contribution in [0.2, 0.25) is 0 Å². The standard InChI is InChI=1S/C13H15N5OS/c14-12-4-10(16-7-5-19-6-7)13-9(17-12)3-11(20-13)8-1-2-15-18-8/h1,3-4,7,15,18H,2,5-6H2,(H3,14,16,17). The van der Waals surface area contributed by atoms with Gasteiger partial charge in [0.05, 0.1) is 45.7 Å². The molecule has 0 unspecified atom stereocenters. The number of fused-ring (bicyclic) bond motifs is 1. The summed E-state index contributed by atoms with van der Waals surface area (Å²) in [5.41, 5.74) is 15.2. The van der Waals surface area contributed by atoms with Crippen LogP contribution in [0.4, 0.5) is 11.5 Å². The number of anilines is 2. The van der Waals surface area contributed by atoms with Crippen LogP contribution in [0.1, 0.15) is 4.88 Å². The first-order chi connectivity index (χ1) is 9.79. The molecule has 2 aromatic rings. The number of ether oxygens (including phenoxy) is 1. The second kappa shape index (κ2) is 4.62. The van der Waals surface area contributed by atoms with Crippen LogP contribution in [0.25, 0.3) is 15.9 Å². The van der Waals surface area contributed by atoms with Crippen molar-refractivity contribution >= 4 is 38.8 Å². The lowest BCUT2D eigenvalue weighted by Gasteiger charge is -2.28. The molecule has 2 aliphatic rings. The molecule has 0 saturated carbocycles. The minimum Gasteiger partial charge on any atom is -0.384 e. The Morgan fingerprint density at radius 1 is 1.40 bits per heavy atom. The third-order valence-corrected chi connectivity index (χ3v) is 4.58. The van der Waals surface area contributed by atoms with Gasteiger partial charge in [0.1, 0.15) is 5.82 Å². The lowest BCUT2D eigenvalue weighted by Crippen LogP contribution is -2.40. The van der Waals surface area contributed by atoms with Crippen LogP contribution in [0.15, 0.2) is 18.2 Å². The van der Waals surface area contributed by atoms with Crippen molar-refractivity contribution in [3.05, 3.63) is 23.1 Å². The zero-order chi connectivity index (χ0) is 13.5. The molecule has 2 aliphatic heterocycles. The molecule has 0 radical (unpaired) electrons. The highest BCUT2D eigenvalue weighted by Crippen LogP contribution is 2.35. The molecule has 0 atom stereocenters. The highest BCUT2D eigenvalue weighted by atomic mass is 32.1. The van der Waals surface area contributed by atoms with Gasteiger partial charge in [-0.15, -0.1) is 11.3 Å². The quantitative estimate of drug-likeness (QED) is 0.678. The highest BCUT2D eigenvalue weighted by Gasteiger charge is 2.20. The number of hydrogen-bond donors (Lipinski definition) is 4. The molecule has 1 saturated heterocycles. The maximum Gasteiger partial charge on any atom is 0.126 e. The van der Waals surface area contributed by atoms with Crippen LogP contribution < -0.4 is 21.9 Å². The Labute approximate surface area is 120 Å². The van der Waals surface area contributed by atoms with E-state index in [0.29, 0.717) is 11.9 Å². The van der Waals surface area contributed by atoms with Crippen LogP contribution in [-0.4, -0.2) is 30.8 Å². The van der Waals surface area contributed by atoms with E-state index in [4.69, 9.17) is 10.5 Å². The molecule has 20 heavy (non-hydrogen) atoms. The molecule has 6 nitrogen and oxygen atoms in total. The topological polar surface area (TPSA) is 84.2 Å². The fourth-order valence-electron chi connectivity index (χ4n) is 2.33. The minimum absolute atomic E-state index is 0.371. The first kappa shape index (κ1) is 12.0. The van der Waals surface area contributed by atoms with Crippen LogP contribution in [0, 0.1) is 0 Å². The lowest BCUT2D eigenvalue weighted by molar-refractivity contribution is 0.0211. The van der Waals surface area contributed by atoms with Gasteiger partial charge in [-0.05, 0) is 12.1 Å². The zero-order valence-electron chi connectivity index (χ0n) is 10.8. The monoisotopic (exact) mass is 289 g/mol. The third-order valence-electron chi connectivity index (χ3n) is 3.39. The summed E-state index contributed by atoms with van der Waals surface area (Å²) in [5, 5.41) is 3.48. The van der Waals surface area contributed by atoms with E-state index < -0.39 is 0 Å². The normalized spacial score (nSPS) is 18.7. The number of rotatable bonds is 3. The van der Waals surface area contributed by atoms with Crippen molar-refractivity contribution in [3.8, 4) is 0 Å². The van der Waals surface area contributed by atoms with Gasteiger partial charge in [0.2, 0.25) is 0 Å². The smallest absolute Gasteiger partial charge is 0.126 e. The number of nitrogen functional groups attached to an aromatic ring is 1. The van der Waals surface area contributed by atoms with Gasteiger partial charge < -0.3 is 21.2 Å². The summed E-state index contributed by atoms with van der Waals surface area (Å²) < 4.78 is 6.34. The van der Waals surface area contributed by atoms with E-state index in [1.54, 1.807) is 11.3 Å². The summed E-state index contributed by atoms with van der Waals surface area (Å²) in [4.78, 5) is 5.58. The Kier molecular flexibility index (Phi) is 2.76. The maximum atomic E-state index is 5.90. The van der Waals surface area contributed by atoms with E-state index in [1.165, 1.54) is 0 Å². The SMILES string of the molecule is Nc1cc(NC2COC2)c2sc(C3=CCNN3)cc2n1. The first-order valence-corrected chi connectivity index (χ1v) is 7.35. The first-order valence-electron chi connectivity index (χ1n) is 6.53. The molecular weight excluding hydrogens is 274 g/mol. The number of nitrogens with one attached hydrogen (secondary N) is 3. The number of thiophene rings is 1. The molecule has 4 heterocycles. The van der Waals surface area contributed by atoms with E-state index in [2.05, 4.69) is 33.3 Å². The van der Waals surface area contributed by atoms with Crippen molar-refractivity contribution in [2.45, 2.75) is 6.04 Å². The van der Waals surface area contributed by atoms with Crippen molar-refractivity contribution in [1.29, 1.82) is 0 Å². The van der Waals surface area contributed by atoms with E-state index in [9.17, 15) is 0 Å². The predicted molar refractivity (Wildman–Crippen MR) is 81.4 cm³/mol. The molecule has 0 bridgehead atoms. The maximum absolute atomic E-state index is 5.90. The van der Waals surface area contributed by atoms with Gasteiger partial charge in [-0.1, -0.05) is 0 Å². The average molecular weight is 289 g/mol. The fraction of sp³-hybridized carbons (Fsp3) is 0.308. The Morgan fingerprint density at radius 3 is 3.00 bits per heavy atom. The molecular formula is C13H15N5OS. The second-order valence-corrected chi connectivity index (χ2v) is 5.97. The van der Waals surface area contributed by atoms with E-state index in [0.717, 1.165) is 46.2 Å². The summed E-state index contributed by atoms with van der Waals surface area (Å²) in [6.07, 6.45) is 2.13. The number of nitrogens with zero attached hydrogens (tertiary/aromatic N) is 1. The van der Waals surface area contributed by atoms with Crippen molar-refractivity contribution < 1.29 is 4.74 Å². The number of nitrogens with two attached hydrogens (primary N) is 1. The Morgan fingerprint density at radius 2 is 2.30 bits per heavy atom. The minimum atomic E-state index is 0.371.